The molecular formula is C12H16N2O. The average Bonchev–Trinajstić information content (AvgIpc) is 2.30. The number of hydrogen-bond donors (Lipinski definition) is 2. The number of nitrogens with one attached hydrogen (secondary N) is 1. The highest BCUT2D eigenvalue weighted by Gasteiger charge is 2.22. The van der Waals surface area contributed by atoms with Crippen molar-refractivity contribution in [2.45, 2.75) is 25.3 Å². The quantitative estimate of drug-likeness (QED) is 0.568. The zero-order valence-corrected chi connectivity index (χ0v) is 8.70. The smallest absolute Gasteiger partial charge is 0.181 e. The maximum Gasteiger partial charge on any atom is 0.181 e. The van der Waals surface area contributed by atoms with E-state index in [0.29, 0.717) is 11.3 Å². The minimum atomic E-state index is -0.0385. The maximum absolute atomic E-state index is 12.1. The Bertz CT molecular complexity index is 356. The molecule has 0 aromatic heterocycles. The molecule has 1 atom stereocenters. The van der Waals surface area contributed by atoms with E-state index >= 15 is 0 Å². The summed E-state index contributed by atoms with van der Waals surface area (Å²) >= 11 is 0. The van der Waals surface area contributed by atoms with Gasteiger partial charge in [0.15, 0.2) is 5.78 Å². The molecular weight excluding hydrogens is 188 g/mol. The van der Waals surface area contributed by atoms with E-state index in [1.807, 2.05) is 12.1 Å². The minimum Gasteiger partial charge on any atom is -0.398 e. The molecule has 1 heterocycles. The molecule has 2 rings (SSSR count). The van der Waals surface area contributed by atoms with Gasteiger partial charge >= 0.3 is 0 Å². The lowest BCUT2D eigenvalue weighted by Crippen LogP contribution is -2.40. The summed E-state index contributed by atoms with van der Waals surface area (Å²) in [6.45, 7) is 0.934. The van der Waals surface area contributed by atoms with Gasteiger partial charge in [0, 0.05) is 11.3 Å². The van der Waals surface area contributed by atoms with E-state index in [4.69, 9.17) is 5.73 Å². The van der Waals surface area contributed by atoms with Crippen LogP contribution in [-0.4, -0.2) is 18.4 Å². The topological polar surface area (TPSA) is 55.1 Å². The van der Waals surface area contributed by atoms with Gasteiger partial charge in [0.1, 0.15) is 0 Å². The monoisotopic (exact) mass is 204 g/mol. The number of ketones is 1. The minimum absolute atomic E-state index is 0.0385. The number of carbonyl (C=O) groups is 1. The van der Waals surface area contributed by atoms with Gasteiger partial charge in [-0.05, 0) is 31.5 Å². The molecule has 3 N–H and O–H groups in total. The Hall–Kier alpha value is -1.35. The van der Waals surface area contributed by atoms with Crippen LogP contribution in [0.5, 0.6) is 0 Å². The molecule has 0 amide bonds. The van der Waals surface area contributed by atoms with Gasteiger partial charge in [-0.2, -0.15) is 0 Å². The number of piperidine rings is 1. The molecule has 15 heavy (non-hydrogen) atoms. The van der Waals surface area contributed by atoms with Gasteiger partial charge < -0.3 is 11.1 Å². The van der Waals surface area contributed by atoms with E-state index in [9.17, 15) is 4.79 Å². The normalized spacial score (nSPS) is 21.2. The third-order valence-electron chi connectivity index (χ3n) is 2.85. The van der Waals surface area contributed by atoms with Crippen molar-refractivity contribution < 1.29 is 4.79 Å². The lowest BCUT2D eigenvalue weighted by Gasteiger charge is -2.22. The number of rotatable bonds is 2. The van der Waals surface area contributed by atoms with Crippen molar-refractivity contribution in [3.63, 3.8) is 0 Å². The van der Waals surface area contributed by atoms with Crippen molar-refractivity contribution in [1.29, 1.82) is 0 Å². The molecule has 0 saturated carbocycles. The molecule has 1 fully saturated rings. The molecule has 0 bridgehead atoms. The highest BCUT2D eigenvalue weighted by molar-refractivity contribution is 6.04. The van der Waals surface area contributed by atoms with Crippen LogP contribution in [0.3, 0.4) is 0 Å². The summed E-state index contributed by atoms with van der Waals surface area (Å²) < 4.78 is 0. The van der Waals surface area contributed by atoms with Crippen LogP contribution in [0.25, 0.3) is 0 Å². The molecule has 0 spiro atoms. The number of nitrogens with two attached hydrogens (primary N) is 1. The van der Waals surface area contributed by atoms with Crippen molar-refractivity contribution in [1.82, 2.24) is 5.32 Å². The lowest BCUT2D eigenvalue weighted by molar-refractivity contribution is 0.0928. The average molecular weight is 204 g/mol. The van der Waals surface area contributed by atoms with E-state index in [0.717, 1.165) is 25.8 Å². The number of para-hydroxylation sites is 1. The van der Waals surface area contributed by atoms with Crippen molar-refractivity contribution >= 4 is 11.5 Å². The Balaban J connectivity index is 2.16. The van der Waals surface area contributed by atoms with Crippen LogP contribution in [-0.2, 0) is 0 Å². The zero-order valence-electron chi connectivity index (χ0n) is 8.70. The lowest BCUT2D eigenvalue weighted by atomic mass is 9.95. The summed E-state index contributed by atoms with van der Waals surface area (Å²) in [6.07, 6.45) is 3.21. The van der Waals surface area contributed by atoms with E-state index in [2.05, 4.69) is 5.32 Å². The van der Waals surface area contributed by atoms with Gasteiger partial charge in [-0.1, -0.05) is 18.6 Å². The van der Waals surface area contributed by atoms with Crippen LogP contribution in [0.15, 0.2) is 24.3 Å². The van der Waals surface area contributed by atoms with Crippen LogP contribution >= 0.6 is 0 Å². The SMILES string of the molecule is Nc1ccccc1C(=O)C1CCCCN1. The predicted molar refractivity (Wildman–Crippen MR) is 60.8 cm³/mol. The Morgan fingerprint density at radius 3 is 2.80 bits per heavy atom. The summed E-state index contributed by atoms with van der Waals surface area (Å²) in [4.78, 5) is 12.1. The molecule has 1 aliphatic rings. The van der Waals surface area contributed by atoms with Crippen molar-refractivity contribution in [2.75, 3.05) is 12.3 Å². The first-order valence-electron chi connectivity index (χ1n) is 5.41. The number of anilines is 1. The number of hydrogen-bond acceptors (Lipinski definition) is 3. The van der Waals surface area contributed by atoms with Crippen LogP contribution in [0.1, 0.15) is 29.6 Å². The first-order chi connectivity index (χ1) is 7.29. The fourth-order valence-electron chi connectivity index (χ4n) is 1.98. The maximum atomic E-state index is 12.1. The summed E-state index contributed by atoms with van der Waals surface area (Å²) in [5.41, 5.74) is 7.01. The molecule has 80 valence electrons. The molecule has 1 aromatic carbocycles. The van der Waals surface area contributed by atoms with E-state index in [1.54, 1.807) is 12.1 Å². The molecule has 3 heteroatoms. The molecule has 1 aromatic rings. The van der Waals surface area contributed by atoms with Gasteiger partial charge in [-0.25, -0.2) is 0 Å². The summed E-state index contributed by atoms with van der Waals surface area (Å²) in [7, 11) is 0. The van der Waals surface area contributed by atoms with E-state index in [-0.39, 0.29) is 11.8 Å². The Morgan fingerprint density at radius 1 is 1.33 bits per heavy atom. The fourth-order valence-corrected chi connectivity index (χ4v) is 1.98. The van der Waals surface area contributed by atoms with Crippen molar-refractivity contribution in [3.05, 3.63) is 29.8 Å². The Labute approximate surface area is 89.7 Å². The predicted octanol–water partition coefficient (Wildman–Crippen LogP) is 1.59. The number of carbonyl (C=O) groups excluding carboxylic acids is 1. The summed E-state index contributed by atoms with van der Waals surface area (Å²) in [5, 5.41) is 3.24. The molecule has 1 unspecified atom stereocenters. The van der Waals surface area contributed by atoms with Crippen LogP contribution in [0.2, 0.25) is 0 Å². The van der Waals surface area contributed by atoms with E-state index in [1.165, 1.54) is 0 Å². The first kappa shape index (κ1) is 10.2. The van der Waals surface area contributed by atoms with Crippen LogP contribution in [0.4, 0.5) is 5.69 Å². The molecule has 3 nitrogen and oxygen atoms in total. The summed E-state index contributed by atoms with van der Waals surface area (Å²) in [6, 6.07) is 7.24. The number of nitrogen functional groups attached to an aromatic ring is 1. The largest absolute Gasteiger partial charge is 0.398 e. The van der Waals surface area contributed by atoms with Gasteiger partial charge in [0.25, 0.3) is 0 Å². The van der Waals surface area contributed by atoms with Crippen LogP contribution in [0, 0.1) is 0 Å². The van der Waals surface area contributed by atoms with Crippen LogP contribution < -0.4 is 11.1 Å². The zero-order chi connectivity index (χ0) is 10.7. The molecule has 1 aliphatic heterocycles. The summed E-state index contributed by atoms with van der Waals surface area (Å²) in [5.74, 6) is 0.132. The van der Waals surface area contributed by atoms with Crippen molar-refractivity contribution in [2.24, 2.45) is 0 Å². The second-order valence-electron chi connectivity index (χ2n) is 3.95. The highest BCUT2D eigenvalue weighted by Crippen LogP contribution is 2.17. The van der Waals surface area contributed by atoms with E-state index < -0.39 is 0 Å². The van der Waals surface area contributed by atoms with Gasteiger partial charge in [-0.3, -0.25) is 4.79 Å². The van der Waals surface area contributed by atoms with Crippen molar-refractivity contribution in [3.8, 4) is 0 Å². The third-order valence-corrected chi connectivity index (χ3v) is 2.85. The van der Waals surface area contributed by atoms with Gasteiger partial charge in [-0.15, -0.1) is 0 Å². The highest BCUT2D eigenvalue weighted by atomic mass is 16.1. The standard InChI is InChI=1S/C12H16N2O/c13-10-6-2-1-5-9(10)12(15)11-7-3-4-8-14-11/h1-2,5-6,11,14H,3-4,7-8,13H2. The van der Waals surface area contributed by atoms with Gasteiger partial charge in [0.2, 0.25) is 0 Å². The fraction of sp³-hybridized carbons (Fsp3) is 0.417. The Morgan fingerprint density at radius 2 is 2.13 bits per heavy atom. The molecule has 0 radical (unpaired) electrons. The van der Waals surface area contributed by atoms with Gasteiger partial charge in [0.05, 0.1) is 6.04 Å². The molecule has 1 saturated heterocycles. The number of benzene rings is 1. The first-order valence-corrected chi connectivity index (χ1v) is 5.41. The third kappa shape index (κ3) is 2.18. The number of Topliss-reactive ketones (excluding diaryl/α,β-unsaturated/α-hetero) is 1. The second kappa shape index (κ2) is 4.45. The Kier molecular flexibility index (Phi) is 3.02. The second-order valence-corrected chi connectivity index (χ2v) is 3.95. The molecule has 0 aliphatic carbocycles.